The highest BCUT2D eigenvalue weighted by molar-refractivity contribution is 7.17. The van der Waals surface area contributed by atoms with Crippen LogP contribution in [0.2, 0.25) is 0 Å². The van der Waals surface area contributed by atoms with E-state index in [0.717, 1.165) is 17.8 Å². The maximum Gasteiger partial charge on any atom is 0.329 e. The Hall–Kier alpha value is -1.90. The van der Waals surface area contributed by atoms with Gasteiger partial charge in [0.05, 0.1) is 7.11 Å². The number of esters is 1. The number of nitrogens with zero attached hydrogens (tertiary/aromatic N) is 3. The Morgan fingerprint density at radius 2 is 2.09 bits per heavy atom. The minimum absolute atomic E-state index is 0.330. The molecule has 2 amide bonds. The summed E-state index contributed by atoms with van der Waals surface area (Å²) in [6.07, 6.45) is 1.36. The number of anilines is 1. The van der Waals surface area contributed by atoms with Crippen molar-refractivity contribution in [2.24, 2.45) is 0 Å². The van der Waals surface area contributed by atoms with Crippen molar-refractivity contribution in [1.29, 1.82) is 0 Å². The Bertz CT molecular complexity index is 554. The summed E-state index contributed by atoms with van der Waals surface area (Å²) in [7, 11) is 1.48. The summed E-state index contributed by atoms with van der Waals surface area (Å²) in [6, 6.07) is -0.943. The Kier molecular flexibility index (Phi) is 4.84. The van der Waals surface area contributed by atoms with Gasteiger partial charge in [-0.2, -0.15) is 0 Å². The number of likely N-dealkylation sites (tertiary alicyclic amines) is 1. The fourth-order valence-corrected chi connectivity index (χ4v) is 2.68. The van der Waals surface area contributed by atoms with Crippen LogP contribution in [-0.4, -0.2) is 52.4 Å². The second-order valence-corrected chi connectivity index (χ2v) is 6.83. The molecule has 122 valence electrons. The van der Waals surface area contributed by atoms with Gasteiger partial charge in [0.15, 0.2) is 0 Å². The van der Waals surface area contributed by atoms with E-state index in [9.17, 15) is 9.59 Å². The van der Waals surface area contributed by atoms with Crippen LogP contribution < -0.4 is 10.1 Å². The minimum atomic E-state index is -0.575. The van der Waals surface area contributed by atoms with Crippen LogP contribution in [0, 0.1) is 0 Å². The third-order valence-electron chi connectivity index (χ3n) is 2.99. The van der Waals surface area contributed by atoms with Gasteiger partial charge >= 0.3 is 12.0 Å². The van der Waals surface area contributed by atoms with E-state index in [-0.39, 0.29) is 12.0 Å². The van der Waals surface area contributed by atoms with Gasteiger partial charge in [-0.25, -0.2) is 9.59 Å². The largest absolute Gasteiger partial charge is 0.472 e. The third kappa shape index (κ3) is 4.06. The number of nitrogens with one attached hydrogen (secondary N) is 1. The van der Waals surface area contributed by atoms with Crippen LogP contribution in [-0.2, 0) is 9.53 Å². The Morgan fingerprint density at radius 1 is 1.36 bits per heavy atom. The van der Waals surface area contributed by atoms with Crippen molar-refractivity contribution in [1.82, 2.24) is 15.1 Å². The number of hydrogen-bond acceptors (Lipinski definition) is 7. The van der Waals surface area contributed by atoms with Crippen LogP contribution in [0.25, 0.3) is 0 Å². The molecule has 1 N–H and O–H groups in total. The fraction of sp³-hybridized carbons (Fsp3) is 0.692. The average molecular weight is 328 g/mol. The highest BCUT2D eigenvalue weighted by atomic mass is 32.1. The molecule has 0 spiro atoms. The lowest BCUT2D eigenvalue weighted by Crippen LogP contribution is -2.45. The average Bonchev–Trinajstić information content (AvgIpc) is 3.04. The van der Waals surface area contributed by atoms with E-state index in [1.54, 1.807) is 20.8 Å². The SMILES string of the molecule is COc1nnc(NC(=O)N2CCC[C@H]2C(=O)OC(C)(C)C)s1. The van der Waals surface area contributed by atoms with Gasteiger partial charge in [-0.1, -0.05) is 5.10 Å². The monoisotopic (exact) mass is 328 g/mol. The van der Waals surface area contributed by atoms with Crippen molar-refractivity contribution in [3.63, 3.8) is 0 Å². The van der Waals surface area contributed by atoms with Crippen LogP contribution in [0.3, 0.4) is 0 Å². The summed E-state index contributed by atoms with van der Waals surface area (Å²) in [5.41, 5.74) is -0.575. The number of urea groups is 1. The summed E-state index contributed by atoms with van der Waals surface area (Å²) in [6.45, 7) is 5.92. The smallest absolute Gasteiger partial charge is 0.329 e. The van der Waals surface area contributed by atoms with Crippen LogP contribution in [0.5, 0.6) is 5.19 Å². The van der Waals surface area contributed by atoms with Gasteiger partial charge in [-0.15, -0.1) is 5.10 Å². The predicted octanol–water partition coefficient (Wildman–Crippen LogP) is 1.88. The van der Waals surface area contributed by atoms with Crippen molar-refractivity contribution in [3.05, 3.63) is 0 Å². The highest BCUT2D eigenvalue weighted by Crippen LogP contribution is 2.25. The second-order valence-electron chi connectivity index (χ2n) is 5.89. The maximum atomic E-state index is 12.3. The van der Waals surface area contributed by atoms with Gasteiger partial charge in [0.2, 0.25) is 5.13 Å². The van der Waals surface area contributed by atoms with E-state index in [4.69, 9.17) is 9.47 Å². The molecule has 0 aromatic carbocycles. The van der Waals surface area contributed by atoms with Gasteiger partial charge in [0.1, 0.15) is 11.6 Å². The standard InChI is InChI=1S/C13H20N4O4S/c1-13(2,3)21-9(18)8-6-5-7-17(8)11(19)14-10-15-16-12(20-4)22-10/h8H,5-7H2,1-4H3,(H,14,15,19)/t8-/m0/s1. The van der Waals surface area contributed by atoms with Crippen LogP contribution in [0.1, 0.15) is 33.6 Å². The molecule has 8 nitrogen and oxygen atoms in total. The van der Waals surface area contributed by atoms with Crippen LogP contribution in [0.15, 0.2) is 0 Å². The fourth-order valence-electron chi connectivity index (χ4n) is 2.13. The van der Waals surface area contributed by atoms with Crippen molar-refractivity contribution in [2.45, 2.75) is 45.3 Å². The second kappa shape index (κ2) is 6.47. The van der Waals surface area contributed by atoms with Gasteiger partial charge in [0.25, 0.3) is 5.19 Å². The normalized spacial score (nSPS) is 18.2. The molecule has 1 aromatic heterocycles. The van der Waals surface area contributed by atoms with Gasteiger partial charge in [-0.3, -0.25) is 5.32 Å². The first-order valence-corrected chi connectivity index (χ1v) is 7.80. The van der Waals surface area contributed by atoms with Crippen LogP contribution >= 0.6 is 11.3 Å². The zero-order valence-corrected chi connectivity index (χ0v) is 13.9. The summed E-state index contributed by atoms with van der Waals surface area (Å²) < 4.78 is 10.3. The number of ether oxygens (including phenoxy) is 2. The Balaban J connectivity index is 2.00. The molecule has 0 radical (unpaired) electrons. The molecule has 1 atom stereocenters. The molecule has 0 saturated carbocycles. The number of rotatable bonds is 3. The molecule has 2 heterocycles. The summed E-state index contributed by atoms with van der Waals surface area (Å²) >= 11 is 1.12. The lowest BCUT2D eigenvalue weighted by atomic mass is 10.1. The summed E-state index contributed by atoms with van der Waals surface area (Å²) in [5, 5.41) is 10.9. The lowest BCUT2D eigenvalue weighted by Gasteiger charge is -2.27. The van der Waals surface area contributed by atoms with E-state index in [1.165, 1.54) is 12.0 Å². The van der Waals surface area contributed by atoms with Crippen molar-refractivity contribution in [3.8, 4) is 5.19 Å². The highest BCUT2D eigenvalue weighted by Gasteiger charge is 2.37. The molecule has 1 saturated heterocycles. The first-order chi connectivity index (χ1) is 10.3. The molecule has 1 aliphatic heterocycles. The predicted molar refractivity (Wildman–Crippen MR) is 81.1 cm³/mol. The lowest BCUT2D eigenvalue weighted by molar-refractivity contribution is -0.159. The Labute approximate surface area is 132 Å². The summed E-state index contributed by atoms with van der Waals surface area (Å²) in [5.74, 6) is -0.380. The molecule has 0 unspecified atom stereocenters. The molecule has 9 heteroatoms. The molecule has 1 aromatic rings. The molecular weight excluding hydrogens is 308 g/mol. The molecule has 1 aliphatic rings. The number of carbonyl (C=O) groups excluding carboxylic acids is 2. The van der Waals surface area contributed by atoms with Gasteiger partial charge < -0.3 is 14.4 Å². The number of carbonyl (C=O) groups is 2. The quantitative estimate of drug-likeness (QED) is 0.852. The van der Waals surface area contributed by atoms with Gasteiger partial charge in [0, 0.05) is 6.54 Å². The summed E-state index contributed by atoms with van der Waals surface area (Å²) in [4.78, 5) is 26.0. The van der Waals surface area contributed by atoms with E-state index >= 15 is 0 Å². The van der Waals surface area contributed by atoms with E-state index in [0.29, 0.717) is 23.3 Å². The minimum Gasteiger partial charge on any atom is -0.472 e. The molecular formula is C13H20N4O4S. The molecule has 1 fully saturated rings. The maximum absolute atomic E-state index is 12.3. The first kappa shape index (κ1) is 16.5. The zero-order valence-electron chi connectivity index (χ0n) is 13.1. The molecule has 22 heavy (non-hydrogen) atoms. The van der Waals surface area contributed by atoms with Crippen LogP contribution in [0.4, 0.5) is 9.93 Å². The number of hydrogen-bond donors (Lipinski definition) is 1. The van der Waals surface area contributed by atoms with Crippen molar-refractivity contribution >= 4 is 28.5 Å². The molecule has 2 rings (SSSR count). The Morgan fingerprint density at radius 3 is 2.68 bits per heavy atom. The number of aromatic nitrogens is 2. The third-order valence-corrected chi connectivity index (χ3v) is 3.79. The topological polar surface area (TPSA) is 93.7 Å². The van der Waals surface area contributed by atoms with E-state index in [1.807, 2.05) is 0 Å². The number of amides is 2. The molecule has 0 bridgehead atoms. The van der Waals surface area contributed by atoms with Gasteiger partial charge in [-0.05, 0) is 44.9 Å². The van der Waals surface area contributed by atoms with E-state index < -0.39 is 11.6 Å². The zero-order chi connectivity index (χ0) is 16.3. The van der Waals surface area contributed by atoms with E-state index in [2.05, 4.69) is 15.5 Å². The first-order valence-electron chi connectivity index (χ1n) is 6.98. The number of methoxy groups -OCH3 is 1. The van der Waals surface area contributed by atoms with Crippen molar-refractivity contribution in [2.75, 3.05) is 19.0 Å². The molecule has 0 aliphatic carbocycles. The van der Waals surface area contributed by atoms with Crippen molar-refractivity contribution < 1.29 is 19.1 Å².